The van der Waals surface area contributed by atoms with Gasteiger partial charge in [0.05, 0.1) is 5.69 Å². The number of anilines is 1. The van der Waals surface area contributed by atoms with E-state index < -0.39 is 0 Å². The summed E-state index contributed by atoms with van der Waals surface area (Å²) >= 11 is 0. The van der Waals surface area contributed by atoms with Crippen molar-refractivity contribution in [3.8, 4) is 0 Å². The predicted octanol–water partition coefficient (Wildman–Crippen LogP) is 1.05. The number of hydrogen-bond acceptors (Lipinski definition) is 5. The first-order valence-electron chi connectivity index (χ1n) is 6.15. The predicted molar refractivity (Wildman–Crippen MR) is 67.9 cm³/mol. The molecule has 1 saturated heterocycles. The van der Waals surface area contributed by atoms with Gasteiger partial charge in [-0.1, -0.05) is 0 Å². The lowest BCUT2D eigenvalue weighted by Gasteiger charge is -2.41. The molecule has 1 aromatic rings. The van der Waals surface area contributed by atoms with Gasteiger partial charge in [-0.25, -0.2) is 0 Å². The molecule has 0 saturated carbocycles. The lowest BCUT2D eigenvalue weighted by atomic mass is 10.1. The highest BCUT2D eigenvalue weighted by Gasteiger charge is 2.27. The largest absolute Gasteiger partial charge is 0.432 e. The second-order valence-electron chi connectivity index (χ2n) is 5.47. The number of hydrogen-bond donors (Lipinski definition) is 1. The summed E-state index contributed by atoms with van der Waals surface area (Å²) in [4.78, 5) is 9.02. The minimum absolute atomic E-state index is 0.241. The molecule has 2 rings (SSSR count). The van der Waals surface area contributed by atoms with Crippen molar-refractivity contribution in [2.75, 3.05) is 31.1 Å². The van der Waals surface area contributed by atoms with Gasteiger partial charge in [-0.3, -0.25) is 4.90 Å². The standard InChI is InChI=1S/C12H22N4O/c1-12(2,3)16-6-4-15(5-7-16)11-14-10(8-13)9-17-11/h9H,4-8,13H2,1-3H3. The maximum absolute atomic E-state index is 5.52. The second-order valence-corrected chi connectivity index (χ2v) is 5.47. The fraction of sp³-hybridized carbons (Fsp3) is 0.750. The van der Waals surface area contributed by atoms with Gasteiger partial charge in [0.2, 0.25) is 0 Å². The maximum atomic E-state index is 5.52. The topological polar surface area (TPSA) is 58.5 Å². The van der Waals surface area contributed by atoms with E-state index in [1.54, 1.807) is 6.26 Å². The molecule has 0 bridgehead atoms. The molecule has 0 atom stereocenters. The number of rotatable bonds is 2. The Bertz CT molecular complexity index is 361. The van der Waals surface area contributed by atoms with Crippen molar-refractivity contribution in [1.82, 2.24) is 9.88 Å². The van der Waals surface area contributed by atoms with Crippen molar-refractivity contribution in [2.24, 2.45) is 5.73 Å². The fourth-order valence-electron chi connectivity index (χ4n) is 2.10. The Hall–Kier alpha value is -1.07. The van der Waals surface area contributed by atoms with E-state index in [1.165, 1.54) is 0 Å². The summed E-state index contributed by atoms with van der Waals surface area (Å²) in [5.74, 6) is 0. The molecule has 2 N–H and O–H groups in total. The highest BCUT2D eigenvalue weighted by molar-refractivity contribution is 5.28. The zero-order chi connectivity index (χ0) is 12.5. The van der Waals surface area contributed by atoms with Gasteiger partial charge in [0.1, 0.15) is 6.26 Å². The third-order valence-corrected chi connectivity index (χ3v) is 3.25. The summed E-state index contributed by atoms with van der Waals surface area (Å²) in [6.07, 6.45) is 1.64. The number of oxazole rings is 1. The monoisotopic (exact) mass is 238 g/mol. The van der Waals surface area contributed by atoms with Crippen molar-refractivity contribution in [1.29, 1.82) is 0 Å². The summed E-state index contributed by atoms with van der Waals surface area (Å²) in [7, 11) is 0. The van der Waals surface area contributed by atoms with Crippen LogP contribution in [-0.2, 0) is 6.54 Å². The van der Waals surface area contributed by atoms with Crippen LogP contribution in [0.5, 0.6) is 0 Å². The minimum Gasteiger partial charge on any atom is -0.432 e. The summed E-state index contributed by atoms with van der Waals surface area (Å²) < 4.78 is 5.43. The number of aromatic nitrogens is 1. The molecule has 0 unspecified atom stereocenters. The average molecular weight is 238 g/mol. The van der Waals surface area contributed by atoms with Crippen molar-refractivity contribution in [2.45, 2.75) is 32.9 Å². The van der Waals surface area contributed by atoms with Gasteiger partial charge < -0.3 is 15.1 Å². The van der Waals surface area contributed by atoms with Crippen LogP contribution in [0.2, 0.25) is 0 Å². The highest BCUT2D eigenvalue weighted by atomic mass is 16.4. The lowest BCUT2D eigenvalue weighted by molar-refractivity contribution is 0.127. The zero-order valence-electron chi connectivity index (χ0n) is 10.9. The molecule has 5 nitrogen and oxygen atoms in total. The molecule has 1 aliphatic heterocycles. The normalized spacial score (nSPS) is 18.7. The van der Waals surface area contributed by atoms with Crippen LogP contribution in [0, 0.1) is 0 Å². The van der Waals surface area contributed by atoms with Crippen LogP contribution in [-0.4, -0.2) is 41.6 Å². The van der Waals surface area contributed by atoms with Crippen molar-refractivity contribution >= 4 is 6.01 Å². The second kappa shape index (κ2) is 4.66. The molecule has 96 valence electrons. The Labute approximate surface area is 103 Å². The first kappa shape index (κ1) is 12.4. The fourth-order valence-corrected chi connectivity index (χ4v) is 2.10. The summed E-state index contributed by atoms with van der Waals surface area (Å²) in [5, 5.41) is 0. The highest BCUT2D eigenvalue weighted by Crippen LogP contribution is 2.20. The molecular formula is C12H22N4O. The Morgan fingerprint density at radius 1 is 1.29 bits per heavy atom. The average Bonchev–Trinajstić information content (AvgIpc) is 2.76. The van der Waals surface area contributed by atoms with E-state index in [4.69, 9.17) is 10.2 Å². The number of nitrogens with two attached hydrogens (primary N) is 1. The molecule has 5 heteroatoms. The van der Waals surface area contributed by atoms with E-state index in [-0.39, 0.29) is 5.54 Å². The molecule has 17 heavy (non-hydrogen) atoms. The van der Waals surface area contributed by atoms with Crippen LogP contribution in [0.4, 0.5) is 6.01 Å². The molecule has 1 fully saturated rings. The lowest BCUT2D eigenvalue weighted by Crippen LogP contribution is -2.53. The van der Waals surface area contributed by atoms with Gasteiger partial charge >= 0.3 is 0 Å². The van der Waals surface area contributed by atoms with Crippen LogP contribution < -0.4 is 10.6 Å². The van der Waals surface area contributed by atoms with Crippen LogP contribution in [0.1, 0.15) is 26.5 Å². The summed E-state index contributed by atoms with van der Waals surface area (Å²) in [6, 6.07) is 0.707. The molecular weight excluding hydrogens is 216 g/mol. The van der Waals surface area contributed by atoms with E-state index in [2.05, 4.69) is 35.6 Å². The molecule has 1 aromatic heterocycles. The Balaban J connectivity index is 1.95. The Morgan fingerprint density at radius 3 is 2.41 bits per heavy atom. The molecule has 0 radical (unpaired) electrons. The number of nitrogens with zero attached hydrogens (tertiary/aromatic N) is 3. The van der Waals surface area contributed by atoms with Crippen LogP contribution in [0.3, 0.4) is 0 Å². The first-order valence-corrected chi connectivity index (χ1v) is 6.15. The van der Waals surface area contributed by atoms with Gasteiger partial charge in [0.15, 0.2) is 0 Å². The van der Waals surface area contributed by atoms with Gasteiger partial charge in [0, 0.05) is 38.3 Å². The van der Waals surface area contributed by atoms with Crippen LogP contribution >= 0.6 is 0 Å². The van der Waals surface area contributed by atoms with Gasteiger partial charge in [-0.15, -0.1) is 0 Å². The molecule has 0 spiro atoms. The van der Waals surface area contributed by atoms with Crippen molar-refractivity contribution in [3.63, 3.8) is 0 Å². The van der Waals surface area contributed by atoms with E-state index >= 15 is 0 Å². The van der Waals surface area contributed by atoms with Crippen LogP contribution in [0.25, 0.3) is 0 Å². The minimum atomic E-state index is 0.241. The first-order chi connectivity index (χ1) is 8.00. The van der Waals surface area contributed by atoms with Gasteiger partial charge in [0.25, 0.3) is 6.01 Å². The Kier molecular flexibility index (Phi) is 3.40. The molecule has 0 amide bonds. The van der Waals surface area contributed by atoms with Gasteiger partial charge in [-0.05, 0) is 20.8 Å². The van der Waals surface area contributed by atoms with E-state index in [0.717, 1.165) is 31.9 Å². The molecule has 1 aliphatic rings. The summed E-state index contributed by atoms with van der Waals surface area (Å²) in [6.45, 7) is 11.2. The number of piperazine rings is 1. The van der Waals surface area contributed by atoms with Crippen molar-refractivity contribution < 1.29 is 4.42 Å². The van der Waals surface area contributed by atoms with E-state index in [1.807, 2.05) is 0 Å². The zero-order valence-corrected chi connectivity index (χ0v) is 10.9. The van der Waals surface area contributed by atoms with E-state index in [9.17, 15) is 0 Å². The smallest absolute Gasteiger partial charge is 0.297 e. The summed E-state index contributed by atoms with van der Waals surface area (Å²) in [5.41, 5.74) is 6.58. The molecule has 0 aliphatic carbocycles. The molecule has 2 heterocycles. The van der Waals surface area contributed by atoms with Crippen molar-refractivity contribution in [3.05, 3.63) is 12.0 Å². The SMILES string of the molecule is CC(C)(C)N1CCN(c2nc(CN)co2)CC1. The third kappa shape index (κ3) is 2.79. The quantitative estimate of drug-likeness (QED) is 0.834. The van der Waals surface area contributed by atoms with Gasteiger partial charge in [-0.2, -0.15) is 4.98 Å². The van der Waals surface area contributed by atoms with E-state index in [0.29, 0.717) is 12.6 Å². The Morgan fingerprint density at radius 2 is 1.94 bits per heavy atom. The maximum Gasteiger partial charge on any atom is 0.297 e. The third-order valence-electron chi connectivity index (χ3n) is 3.25. The molecule has 0 aromatic carbocycles. The van der Waals surface area contributed by atoms with Crippen LogP contribution in [0.15, 0.2) is 10.7 Å².